The average molecular weight is 729 g/mol. The van der Waals surface area contributed by atoms with E-state index in [1.54, 1.807) is 0 Å². The van der Waals surface area contributed by atoms with Crippen LogP contribution in [-0.2, 0) is 19.2 Å². The third kappa shape index (κ3) is 18.0. The zero-order valence-corrected chi connectivity index (χ0v) is 25.9. The lowest BCUT2D eigenvalue weighted by atomic mass is 9.95. The van der Waals surface area contributed by atoms with Crippen molar-refractivity contribution >= 4 is 23.9 Å². The van der Waals surface area contributed by atoms with Crippen molar-refractivity contribution in [1.82, 2.24) is 0 Å². The smallest absolute Gasteiger partial charge is 0.329 e. The standard InChI is InChI=1S/4C6H12F2N2O2/c4*7-4(8)6(10,5(11)12)2-1-3-9/h4*4H,1-3,9-10H2,(H,11,12). The van der Waals surface area contributed by atoms with Gasteiger partial charge in [-0.15, -0.1) is 0 Å². The largest absolute Gasteiger partial charge is 0.480 e. The molecule has 288 valence electrons. The minimum atomic E-state index is -3.07. The fraction of sp³-hybridized carbons (Fsp3) is 0.833. The Balaban J connectivity index is -0.000000269. The molecule has 0 spiro atoms. The van der Waals surface area contributed by atoms with Crippen molar-refractivity contribution in [3.8, 4) is 0 Å². The Kier molecular flexibility index (Phi) is 27.0. The van der Waals surface area contributed by atoms with E-state index in [-0.39, 0.29) is 77.5 Å². The quantitative estimate of drug-likeness (QED) is 0.0675. The Morgan fingerprint density at radius 2 is 0.521 bits per heavy atom. The molecule has 0 aromatic carbocycles. The van der Waals surface area contributed by atoms with Gasteiger partial charge in [0.25, 0.3) is 25.7 Å². The number of hydrogen-bond donors (Lipinski definition) is 12. The highest BCUT2D eigenvalue weighted by Crippen LogP contribution is 2.21. The maximum absolute atomic E-state index is 12.1. The predicted molar refractivity (Wildman–Crippen MR) is 155 cm³/mol. The van der Waals surface area contributed by atoms with Crippen LogP contribution in [0.15, 0.2) is 0 Å². The summed E-state index contributed by atoms with van der Waals surface area (Å²) in [4.78, 5) is 41.3. The molecule has 20 N–H and O–H groups in total. The second-order valence-electron chi connectivity index (χ2n) is 10.2. The van der Waals surface area contributed by atoms with Crippen LogP contribution < -0.4 is 45.9 Å². The first-order valence-electron chi connectivity index (χ1n) is 13.8. The summed E-state index contributed by atoms with van der Waals surface area (Å²) in [6.07, 6.45) is -12.8. The first kappa shape index (κ1) is 51.8. The van der Waals surface area contributed by atoms with Crippen molar-refractivity contribution < 1.29 is 74.7 Å². The number of aliphatic carboxylic acids is 4. The molecule has 0 fully saturated rings. The van der Waals surface area contributed by atoms with Gasteiger partial charge in [0, 0.05) is 0 Å². The van der Waals surface area contributed by atoms with Gasteiger partial charge in [0.15, 0.2) is 22.2 Å². The number of nitrogens with two attached hydrogens (primary N) is 8. The summed E-state index contributed by atoms with van der Waals surface area (Å²) in [5, 5.41) is 33.5. The van der Waals surface area contributed by atoms with Crippen LogP contribution >= 0.6 is 0 Å². The zero-order chi connectivity index (χ0) is 39.1. The van der Waals surface area contributed by atoms with Gasteiger partial charge in [-0.2, -0.15) is 0 Å². The molecule has 24 heteroatoms. The number of alkyl halides is 8. The average Bonchev–Trinajstić information content (AvgIpc) is 2.99. The fourth-order valence-corrected chi connectivity index (χ4v) is 2.82. The molecule has 0 rings (SSSR count). The number of halogens is 8. The minimum absolute atomic E-state index is 0.152. The molecule has 0 radical (unpaired) electrons. The van der Waals surface area contributed by atoms with Gasteiger partial charge in [-0.3, -0.25) is 0 Å². The normalized spacial score (nSPS) is 16.1. The molecule has 48 heavy (non-hydrogen) atoms. The molecule has 0 heterocycles. The summed E-state index contributed by atoms with van der Waals surface area (Å²) in [5.74, 6) is -6.76. The first-order chi connectivity index (χ1) is 21.8. The third-order valence-electron chi connectivity index (χ3n) is 6.33. The molecule has 0 aromatic rings. The van der Waals surface area contributed by atoms with Crippen molar-refractivity contribution in [2.75, 3.05) is 26.2 Å². The van der Waals surface area contributed by atoms with E-state index in [9.17, 15) is 54.3 Å². The van der Waals surface area contributed by atoms with E-state index in [0.717, 1.165) is 0 Å². The van der Waals surface area contributed by atoms with Crippen molar-refractivity contribution in [1.29, 1.82) is 0 Å². The zero-order valence-electron chi connectivity index (χ0n) is 25.9. The Morgan fingerprint density at radius 1 is 0.396 bits per heavy atom. The molecule has 0 amide bonds. The first-order valence-corrected chi connectivity index (χ1v) is 13.8. The SMILES string of the molecule is NCCCC(N)(C(=O)O)C(F)F.NCCCC(N)(C(=O)O)C(F)F.NCCCC(N)(C(=O)O)C(F)F.NCCCC(N)(C(=O)O)C(F)F. The summed E-state index contributed by atoms with van der Waals surface area (Å²) < 4.78 is 96.9. The predicted octanol–water partition coefficient (Wildman–Crippen LogP) is -0.910. The van der Waals surface area contributed by atoms with Gasteiger partial charge in [-0.1, -0.05) is 0 Å². The second kappa shape index (κ2) is 25.0. The topological polar surface area (TPSA) is 357 Å². The van der Waals surface area contributed by atoms with Gasteiger partial charge in [-0.25, -0.2) is 54.3 Å². The van der Waals surface area contributed by atoms with E-state index in [1.165, 1.54) is 0 Å². The summed E-state index contributed by atoms with van der Waals surface area (Å²) >= 11 is 0. The monoisotopic (exact) mass is 728 g/mol. The van der Waals surface area contributed by atoms with Gasteiger partial charge in [0.1, 0.15) is 0 Å². The molecule has 4 atom stereocenters. The molecule has 0 saturated carbocycles. The van der Waals surface area contributed by atoms with E-state index in [2.05, 4.69) is 0 Å². The van der Waals surface area contributed by atoms with Crippen molar-refractivity contribution in [3.05, 3.63) is 0 Å². The van der Waals surface area contributed by atoms with E-state index in [1.807, 2.05) is 0 Å². The van der Waals surface area contributed by atoms with Crippen LogP contribution in [0, 0.1) is 0 Å². The Hall–Kier alpha value is -3.00. The molecule has 4 unspecified atom stereocenters. The van der Waals surface area contributed by atoms with Gasteiger partial charge >= 0.3 is 23.9 Å². The summed E-state index contributed by atoms with van der Waals surface area (Å²) in [6, 6.07) is 0. The Bertz CT molecular complexity index is 807. The van der Waals surface area contributed by atoms with Crippen molar-refractivity contribution in [3.63, 3.8) is 0 Å². The molecule has 0 aromatic heterocycles. The second-order valence-corrected chi connectivity index (χ2v) is 10.2. The van der Waals surface area contributed by atoms with Gasteiger partial charge in [0.2, 0.25) is 0 Å². The summed E-state index contributed by atoms with van der Waals surface area (Å²) in [5.41, 5.74) is 30.2. The highest BCUT2D eigenvalue weighted by Gasteiger charge is 2.45. The van der Waals surface area contributed by atoms with Crippen LogP contribution in [-0.4, -0.2) is 118 Å². The number of hydrogen-bond acceptors (Lipinski definition) is 12. The molecule has 0 bridgehead atoms. The van der Waals surface area contributed by atoms with Crippen LogP contribution in [0.2, 0.25) is 0 Å². The maximum Gasteiger partial charge on any atom is 0.329 e. The Morgan fingerprint density at radius 3 is 0.583 bits per heavy atom. The molecule has 0 saturated heterocycles. The highest BCUT2D eigenvalue weighted by molar-refractivity contribution is 5.80. The lowest BCUT2D eigenvalue weighted by Gasteiger charge is -2.22. The highest BCUT2D eigenvalue weighted by atomic mass is 19.3. The molecule has 0 aliphatic rings. The summed E-state index contributed by atoms with van der Waals surface area (Å²) in [6.45, 7) is 0.607. The Labute approximate surface area is 270 Å². The number of carboxylic acid groups (broad SMARTS) is 4. The van der Waals surface area contributed by atoms with Gasteiger partial charge in [0.05, 0.1) is 0 Å². The van der Waals surface area contributed by atoms with Crippen molar-refractivity contribution in [2.24, 2.45) is 45.9 Å². The molecule has 0 aliphatic carbocycles. The van der Waals surface area contributed by atoms with E-state index in [4.69, 9.17) is 66.3 Å². The number of rotatable bonds is 20. The van der Waals surface area contributed by atoms with Crippen LogP contribution in [0.3, 0.4) is 0 Å². The van der Waals surface area contributed by atoms with Gasteiger partial charge in [-0.05, 0) is 77.5 Å². The van der Waals surface area contributed by atoms with E-state index < -0.39 is 71.7 Å². The van der Waals surface area contributed by atoms with Gasteiger partial charge < -0.3 is 66.3 Å². The molecule has 16 nitrogen and oxygen atoms in total. The molecule has 0 aliphatic heterocycles. The summed E-state index contributed by atoms with van der Waals surface area (Å²) in [7, 11) is 0. The van der Waals surface area contributed by atoms with Crippen LogP contribution in [0.1, 0.15) is 51.4 Å². The fourth-order valence-electron chi connectivity index (χ4n) is 2.82. The lowest BCUT2D eigenvalue weighted by molar-refractivity contribution is -0.151. The maximum atomic E-state index is 12.1. The van der Waals surface area contributed by atoms with Crippen molar-refractivity contribution in [2.45, 2.75) is 99.2 Å². The molecular formula is C24H48F8N8O8. The minimum Gasteiger partial charge on any atom is -0.480 e. The van der Waals surface area contributed by atoms with E-state index >= 15 is 0 Å². The van der Waals surface area contributed by atoms with Crippen LogP contribution in [0.4, 0.5) is 35.1 Å². The van der Waals surface area contributed by atoms with Crippen LogP contribution in [0.5, 0.6) is 0 Å². The molecular weight excluding hydrogens is 680 g/mol. The van der Waals surface area contributed by atoms with Crippen LogP contribution in [0.25, 0.3) is 0 Å². The van der Waals surface area contributed by atoms with E-state index in [0.29, 0.717) is 0 Å². The lowest BCUT2D eigenvalue weighted by Crippen LogP contribution is -2.54. The number of carbonyl (C=O) groups is 4. The number of carboxylic acids is 4. The third-order valence-corrected chi connectivity index (χ3v) is 6.33.